The van der Waals surface area contributed by atoms with Gasteiger partial charge in [0.25, 0.3) is 0 Å². The van der Waals surface area contributed by atoms with E-state index in [-0.39, 0.29) is 5.82 Å². The summed E-state index contributed by atoms with van der Waals surface area (Å²) in [6, 6.07) is 12.1. The van der Waals surface area contributed by atoms with E-state index in [9.17, 15) is 9.50 Å². The second-order valence-corrected chi connectivity index (χ2v) is 4.69. The third-order valence-electron chi connectivity index (χ3n) is 3.49. The first-order chi connectivity index (χ1) is 9.15. The first-order valence-corrected chi connectivity index (χ1v) is 6.71. The van der Waals surface area contributed by atoms with Crippen LogP contribution in [0.1, 0.15) is 42.2 Å². The average Bonchev–Trinajstić information content (AvgIpc) is 2.46. The zero-order valence-corrected chi connectivity index (χ0v) is 11.4. The van der Waals surface area contributed by atoms with Crippen molar-refractivity contribution in [3.8, 4) is 0 Å². The highest BCUT2D eigenvalue weighted by atomic mass is 19.1. The molecule has 19 heavy (non-hydrogen) atoms. The molecule has 0 spiro atoms. The molecule has 0 saturated carbocycles. The average molecular weight is 258 g/mol. The summed E-state index contributed by atoms with van der Waals surface area (Å²) in [6.07, 6.45) is 1.25. The Morgan fingerprint density at radius 2 is 1.47 bits per heavy atom. The van der Waals surface area contributed by atoms with Crippen LogP contribution in [-0.4, -0.2) is 5.11 Å². The van der Waals surface area contributed by atoms with Gasteiger partial charge in [0.2, 0.25) is 0 Å². The van der Waals surface area contributed by atoms with Crippen molar-refractivity contribution in [2.45, 2.75) is 32.8 Å². The van der Waals surface area contributed by atoms with E-state index < -0.39 is 6.10 Å². The van der Waals surface area contributed by atoms with Crippen molar-refractivity contribution in [2.24, 2.45) is 0 Å². The minimum absolute atomic E-state index is 0.286. The van der Waals surface area contributed by atoms with Crippen molar-refractivity contribution in [3.63, 3.8) is 0 Å². The molecule has 0 saturated heterocycles. The van der Waals surface area contributed by atoms with Gasteiger partial charge in [-0.05, 0) is 47.2 Å². The minimum atomic E-state index is -0.697. The van der Waals surface area contributed by atoms with E-state index in [1.807, 2.05) is 12.1 Å². The smallest absolute Gasteiger partial charge is 0.123 e. The molecule has 1 N–H and O–H groups in total. The van der Waals surface area contributed by atoms with Gasteiger partial charge in [0.05, 0.1) is 0 Å². The molecular weight excluding hydrogens is 239 g/mol. The lowest BCUT2D eigenvalue weighted by molar-refractivity contribution is 0.220. The van der Waals surface area contributed by atoms with Crippen LogP contribution in [0.25, 0.3) is 0 Å². The standard InChI is InChI=1S/C17H19FO/c1-3-12-5-6-15(11-13(12)4-2)17(19)14-7-9-16(18)10-8-14/h5-11,17,19H,3-4H2,1-2H3. The van der Waals surface area contributed by atoms with Crippen molar-refractivity contribution in [1.82, 2.24) is 0 Å². The molecule has 0 radical (unpaired) electrons. The summed E-state index contributed by atoms with van der Waals surface area (Å²) in [6.45, 7) is 4.24. The maximum absolute atomic E-state index is 12.9. The number of hydrogen-bond donors (Lipinski definition) is 1. The second-order valence-electron chi connectivity index (χ2n) is 4.69. The van der Waals surface area contributed by atoms with Gasteiger partial charge in [0.1, 0.15) is 11.9 Å². The molecule has 0 bridgehead atoms. The van der Waals surface area contributed by atoms with E-state index in [2.05, 4.69) is 19.9 Å². The van der Waals surface area contributed by atoms with Crippen molar-refractivity contribution >= 4 is 0 Å². The molecule has 1 unspecified atom stereocenters. The molecule has 0 aliphatic rings. The van der Waals surface area contributed by atoms with Crippen LogP contribution >= 0.6 is 0 Å². The molecular formula is C17H19FO. The van der Waals surface area contributed by atoms with E-state index in [0.717, 1.165) is 18.4 Å². The van der Waals surface area contributed by atoms with Crippen molar-refractivity contribution in [2.75, 3.05) is 0 Å². The molecule has 1 atom stereocenters. The first kappa shape index (κ1) is 13.8. The molecule has 0 aromatic heterocycles. The second kappa shape index (κ2) is 5.98. The van der Waals surface area contributed by atoms with Gasteiger partial charge < -0.3 is 5.11 Å². The van der Waals surface area contributed by atoms with Crippen LogP contribution in [0, 0.1) is 5.82 Å². The Kier molecular flexibility index (Phi) is 4.33. The van der Waals surface area contributed by atoms with Gasteiger partial charge in [-0.3, -0.25) is 0 Å². The number of aliphatic hydroxyl groups is 1. The van der Waals surface area contributed by atoms with Crippen LogP contribution in [0.4, 0.5) is 4.39 Å². The highest BCUT2D eigenvalue weighted by molar-refractivity contribution is 5.37. The topological polar surface area (TPSA) is 20.2 Å². The SMILES string of the molecule is CCc1ccc(C(O)c2ccc(F)cc2)cc1CC. The summed E-state index contributed by atoms with van der Waals surface area (Å²) < 4.78 is 12.9. The fourth-order valence-corrected chi connectivity index (χ4v) is 2.33. The Labute approximate surface area is 113 Å². The van der Waals surface area contributed by atoms with E-state index in [1.54, 1.807) is 12.1 Å². The molecule has 0 fully saturated rings. The lowest BCUT2D eigenvalue weighted by atomic mass is 9.95. The molecule has 0 aliphatic carbocycles. The summed E-state index contributed by atoms with van der Waals surface area (Å²) in [5.41, 5.74) is 4.16. The molecule has 0 heterocycles. The first-order valence-electron chi connectivity index (χ1n) is 6.71. The Balaban J connectivity index is 2.33. The normalized spacial score (nSPS) is 12.4. The summed E-state index contributed by atoms with van der Waals surface area (Å²) in [5, 5.41) is 10.3. The Hall–Kier alpha value is -1.67. The molecule has 2 heteroatoms. The van der Waals surface area contributed by atoms with Gasteiger partial charge >= 0.3 is 0 Å². The van der Waals surface area contributed by atoms with Gasteiger partial charge in [-0.1, -0.05) is 44.2 Å². The predicted octanol–water partition coefficient (Wildman–Crippen LogP) is 4.03. The number of aryl methyl sites for hydroxylation is 2. The minimum Gasteiger partial charge on any atom is -0.384 e. The lowest BCUT2D eigenvalue weighted by Gasteiger charge is -2.14. The molecule has 100 valence electrons. The van der Waals surface area contributed by atoms with E-state index in [1.165, 1.54) is 23.3 Å². The van der Waals surface area contributed by atoms with E-state index in [4.69, 9.17) is 0 Å². The highest BCUT2D eigenvalue weighted by Gasteiger charge is 2.12. The fourth-order valence-electron chi connectivity index (χ4n) is 2.33. The van der Waals surface area contributed by atoms with Gasteiger partial charge in [-0.25, -0.2) is 4.39 Å². The molecule has 2 rings (SSSR count). The van der Waals surface area contributed by atoms with Crippen molar-refractivity contribution < 1.29 is 9.50 Å². The lowest BCUT2D eigenvalue weighted by Crippen LogP contribution is -2.02. The summed E-state index contributed by atoms with van der Waals surface area (Å²) in [5.74, 6) is -0.286. The summed E-state index contributed by atoms with van der Waals surface area (Å²) >= 11 is 0. The third-order valence-corrected chi connectivity index (χ3v) is 3.49. The largest absolute Gasteiger partial charge is 0.384 e. The van der Waals surface area contributed by atoms with Gasteiger partial charge in [0.15, 0.2) is 0 Å². The van der Waals surface area contributed by atoms with Crippen LogP contribution in [-0.2, 0) is 12.8 Å². The molecule has 0 aliphatic heterocycles. The Morgan fingerprint density at radius 3 is 2.05 bits per heavy atom. The zero-order valence-electron chi connectivity index (χ0n) is 11.4. The molecule has 0 amide bonds. The maximum Gasteiger partial charge on any atom is 0.123 e. The third kappa shape index (κ3) is 3.02. The van der Waals surface area contributed by atoms with Crippen LogP contribution in [0.3, 0.4) is 0 Å². The molecule has 2 aromatic carbocycles. The van der Waals surface area contributed by atoms with Crippen LogP contribution in [0.15, 0.2) is 42.5 Å². The zero-order chi connectivity index (χ0) is 13.8. The number of benzene rings is 2. The number of hydrogen-bond acceptors (Lipinski definition) is 1. The van der Waals surface area contributed by atoms with Gasteiger partial charge in [-0.15, -0.1) is 0 Å². The summed E-state index contributed by atoms with van der Waals surface area (Å²) in [4.78, 5) is 0. The van der Waals surface area contributed by atoms with Gasteiger partial charge in [0, 0.05) is 0 Å². The van der Waals surface area contributed by atoms with Crippen LogP contribution < -0.4 is 0 Å². The number of halogens is 1. The van der Waals surface area contributed by atoms with Gasteiger partial charge in [-0.2, -0.15) is 0 Å². The maximum atomic E-state index is 12.9. The number of aliphatic hydroxyl groups excluding tert-OH is 1. The van der Waals surface area contributed by atoms with Crippen LogP contribution in [0.2, 0.25) is 0 Å². The van der Waals surface area contributed by atoms with E-state index >= 15 is 0 Å². The Morgan fingerprint density at radius 1 is 0.895 bits per heavy atom. The van der Waals surface area contributed by atoms with E-state index in [0.29, 0.717) is 5.56 Å². The monoisotopic (exact) mass is 258 g/mol. The Bertz CT molecular complexity index is 546. The summed E-state index contributed by atoms with van der Waals surface area (Å²) in [7, 11) is 0. The van der Waals surface area contributed by atoms with Crippen molar-refractivity contribution in [3.05, 3.63) is 70.5 Å². The predicted molar refractivity (Wildman–Crippen MR) is 75.7 cm³/mol. The van der Waals surface area contributed by atoms with Crippen molar-refractivity contribution in [1.29, 1.82) is 0 Å². The number of rotatable bonds is 4. The highest BCUT2D eigenvalue weighted by Crippen LogP contribution is 2.24. The quantitative estimate of drug-likeness (QED) is 0.877. The molecule has 1 nitrogen and oxygen atoms in total. The van der Waals surface area contributed by atoms with Crippen LogP contribution in [0.5, 0.6) is 0 Å². The molecule has 2 aromatic rings. The fraction of sp³-hybridized carbons (Fsp3) is 0.294.